The van der Waals surface area contributed by atoms with Crippen LogP contribution in [0.4, 0.5) is 10.1 Å². The maximum absolute atomic E-state index is 13.7. The quantitative estimate of drug-likeness (QED) is 0.777. The van der Waals surface area contributed by atoms with Crippen molar-refractivity contribution in [3.05, 3.63) is 50.7 Å². The molecule has 0 aliphatic carbocycles. The number of rotatable bonds is 4. The summed E-state index contributed by atoms with van der Waals surface area (Å²) in [6.45, 7) is 0.418. The molecule has 0 spiro atoms. The van der Waals surface area contributed by atoms with E-state index in [1.54, 1.807) is 24.3 Å². The van der Waals surface area contributed by atoms with E-state index >= 15 is 0 Å². The zero-order valence-corrected chi connectivity index (χ0v) is 13.8. The Morgan fingerprint density at radius 3 is 2.45 bits per heavy atom. The Balaban J connectivity index is 2.16. The van der Waals surface area contributed by atoms with Gasteiger partial charge in [-0.25, -0.2) is 4.39 Å². The molecule has 0 atom stereocenters. The summed E-state index contributed by atoms with van der Waals surface area (Å²) in [5, 5.41) is 12.6. The molecule has 0 radical (unpaired) electrons. The number of hydrogen-bond acceptors (Lipinski definition) is 3. The number of ether oxygens (including phenoxy) is 1. The third-order valence-corrected chi connectivity index (χ3v) is 3.94. The molecule has 6 heteroatoms. The second-order valence-electron chi connectivity index (χ2n) is 4.11. The minimum absolute atomic E-state index is 0.140. The van der Waals surface area contributed by atoms with Crippen LogP contribution in [0.1, 0.15) is 5.56 Å². The van der Waals surface area contributed by atoms with Gasteiger partial charge in [0, 0.05) is 12.6 Å². The summed E-state index contributed by atoms with van der Waals surface area (Å²) in [5.41, 5.74) is 1.26. The van der Waals surface area contributed by atoms with Crippen LogP contribution in [0.15, 0.2) is 39.3 Å². The molecule has 2 N–H and O–H groups in total. The maximum atomic E-state index is 13.7. The van der Waals surface area contributed by atoms with Gasteiger partial charge in [-0.05, 0) is 61.7 Å². The average molecular weight is 405 g/mol. The third-order valence-electron chi connectivity index (χ3n) is 2.73. The van der Waals surface area contributed by atoms with Crippen LogP contribution >= 0.6 is 31.9 Å². The van der Waals surface area contributed by atoms with Crippen LogP contribution in [0.2, 0.25) is 0 Å². The highest BCUT2D eigenvalue weighted by Gasteiger charge is 2.07. The lowest BCUT2D eigenvalue weighted by atomic mass is 10.2. The van der Waals surface area contributed by atoms with Gasteiger partial charge in [-0.2, -0.15) is 0 Å². The van der Waals surface area contributed by atoms with Gasteiger partial charge in [-0.15, -0.1) is 0 Å². The molecule has 2 rings (SSSR count). The molecule has 20 heavy (non-hydrogen) atoms. The first-order chi connectivity index (χ1) is 9.51. The lowest BCUT2D eigenvalue weighted by Gasteiger charge is -2.11. The summed E-state index contributed by atoms with van der Waals surface area (Å²) in [7, 11) is 1.53. The molecule has 0 saturated carbocycles. The number of hydrogen-bond donors (Lipinski definition) is 2. The molecule has 0 saturated heterocycles. The van der Waals surface area contributed by atoms with Crippen LogP contribution < -0.4 is 10.1 Å². The van der Waals surface area contributed by atoms with Crippen LogP contribution in [-0.4, -0.2) is 12.2 Å². The maximum Gasteiger partial charge on any atom is 0.146 e. The molecule has 0 heterocycles. The molecule has 3 nitrogen and oxygen atoms in total. The normalized spacial score (nSPS) is 10.4. The lowest BCUT2D eigenvalue weighted by molar-refractivity contribution is 0.414. The van der Waals surface area contributed by atoms with E-state index in [0.29, 0.717) is 26.9 Å². The summed E-state index contributed by atoms with van der Waals surface area (Å²) < 4.78 is 19.9. The van der Waals surface area contributed by atoms with E-state index in [4.69, 9.17) is 4.74 Å². The smallest absolute Gasteiger partial charge is 0.146 e. The molecule has 0 amide bonds. The fourth-order valence-electron chi connectivity index (χ4n) is 1.68. The van der Waals surface area contributed by atoms with Gasteiger partial charge in [-0.1, -0.05) is 0 Å². The van der Waals surface area contributed by atoms with Crippen LogP contribution in [0.25, 0.3) is 0 Å². The number of phenols is 1. The first-order valence-corrected chi connectivity index (χ1v) is 7.34. The molecule has 0 aliphatic heterocycles. The zero-order valence-electron chi connectivity index (χ0n) is 10.6. The van der Waals surface area contributed by atoms with Crippen LogP contribution in [0.5, 0.6) is 11.5 Å². The summed E-state index contributed by atoms with van der Waals surface area (Å²) >= 11 is 6.52. The number of halogens is 3. The Morgan fingerprint density at radius 1 is 1.20 bits per heavy atom. The van der Waals surface area contributed by atoms with Crippen LogP contribution in [0.3, 0.4) is 0 Å². The van der Waals surface area contributed by atoms with E-state index in [1.165, 1.54) is 13.2 Å². The van der Waals surface area contributed by atoms with Gasteiger partial charge >= 0.3 is 0 Å². The van der Waals surface area contributed by atoms with Crippen LogP contribution in [-0.2, 0) is 6.54 Å². The van der Waals surface area contributed by atoms with Crippen molar-refractivity contribution in [1.29, 1.82) is 0 Å². The molecule has 0 bridgehead atoms. The Hall–Kier alpha value is -1.27. The number of benzene rings is 2. The summed E-state index contributed by atoms with van der Waals surface area (Å²) in [4.78, 5) is 0. The van der Waals surface area contributed by atoms with Gasteiger partial charge < -0.3 is 15.2 Å². The Morgan fingerprint density at radius 2 is 1.85 bits per heavy atom. The second-order valence-corrected chi connectivity index (χ2v) is 5.82. The molecule has 0 aromatic heterocycles. The number of aromatic hydroxyl groups is 1. The minimum atomic E-state index is -0.345. The number of methoxy groups -OCH3 is 1. The first kappa shape index (κ1) is 15.1. The highest BCUT2D eigenvalue weighted by molar-refractivity contribution is 9.11. The van der Waals surface area contributed by atoms with E-state index in [0.717, 1.165) is 5.56 Å². The van der Waals surface area contributed by atoms with Crippen molar-refractivity contribution >= 4 is 37.5 Å². The van der Waals surface area contributed by atoms with Gasteiger partial charge in [-0.3, -0.25) is 0 Å². The van der Waals surface area contributed by atoms with Crippen LogP contribution in [0, 0.1) is 5.82 Å². The Labute approximate surface area is 133 Å². The average Bonchev–Trinajstić information content (AvgIpc) is 2.43. The molecular formula is C14H12Br2FNO2. The van der Waals surface area contributed by atoms with Gasteiger partial charge in [0.1, 0.15) is 17.3 Å². The SMILES string of the molecule is COc1ccc(F)c(NCc2cc(Br)c(O)c(Br)c2)c1. The molecule has 0 fully saturated rings. The highest BCUT2D eigenvalue weighted by atomic mass is 79.9. The van der Waals surface area contributed by atoms with Crippen molar-refractivity contribution in [3.63, 3.8) is 0 Å². The van der Waals surface area contributed by atoms with E-state index in [2.05, 4.69) is 37.2 Å². The largest absolute Gasteiger partial charge is 0.506 e. The minimum Gasteiger partial charge on any atom is -0.506 e. The highest BCUT2D eigenvalue weighted by Crippen LogP contribution is 2.33. The number of anilines is 1. The fourth-order valence-corrected chi connectivity index (χ4v) is 2.97. The van der Waals surface area contributed by atoms with Crippen molar-refractivity contribution in [1.82, 2.24) is 0 Å². The monoisotopic (exact) mass is 403 g/mol. The van der Waals surface area contributed by atoms with Gasteiger partial charge in [0.25, 0.3) is 0 Å². The topological polar surface area (TPSA) is 41.5 Å². The lowest BCUT2D eigenvalue weighted by Crippen LogP contribution is -2.02. The zero-order chi connectivity index (χ0) is 14.7. The van der Waals surface area contributed by atoms with Crippen molar-refractivity contribution in [2.45, 2.75) is 6.54 Å². The number of nitrogens with one attached hydrogen (secondary N) is 1. The summed E-state index contributed by atoms with van der Waals surface area (Å²) in [6.07, 6.45) is 0. The van der Waals surface area contributed by atoms with Gasteiger partial charge in [0.15, 0.2) is 0 Å². The second kappa shape index (κ2) is 6.45. The van der Waals surface area contributed by atoms with Crippen molar-refractivity contribution < 1.29 is 14.2 Å². The van der Waals surface area contributed by atoms with E-state index in [1.807, 2.05) is 0 Å². The predicted molar refractivity (Wildman–Crippen MR) is 83.8 cm³/mol. The van der Waals surface area contributed by atoms with E-state index in [9.17, 15) is 9.50 Å². The molecule has 0 unspecified atom stereocenters. The van der Waals surface area contributed by atoms with Crippen molar-refractivity contribution in [3.8, 4) is 11.5 Å². The fraction of sp³-hybridized carbons (Fsp3) is 0.143. The van der Waals surface area contributed by atoms with E-state index in [-0.39, 0.29) is 11.6 Å². The Bertz CT molecular complexity index is 612. The first-order valence-electron chi connectivity index (χ1n) is 5.75. The summed E-state index contributed by atoms with van der Waals surface area (Å²) in [6, 6.07) is 8.05. The molecule has 106 valence electrons. The van der Waals surface area contributed by atoms with Crippen molar-refractivity contribution in [2.24, 2.45) is 0 Å². The molecule has 2 aromatic carbocycles. The van der Waals surface area contributed by atoms with Gasteiger partial charge in [0.05, 0.1) is 21.7 Å². The predicted octanol–water partition coefficient (Wildman–Crippen LogP) is 4.68. The standard InChI is InChI=1S/C14H12Br2FNO2/c1-20-9-2-3-12(17)13(6-9)18-7-8-4-10(15)14(19)11(16)5-8/h2-6,18-19H,7H2,1H3. The van der Waals surface area contributed by atoms with Crippen molar-refractivity contribution in [2.75, 3.05) is 12.4 Å². The summed E-state index contributed by atoms with van der Waals surface area (Å²) in [5.74, 6) is 0.381. The number of phenolic OH excluding ortho intramolecular Hbond substituents is 1. The van der Waals surface area contributed by atoms with E-state index < -0.39 is 0 Å². The third kappa shape index (κ3) is 3.43. The molecule has 2 aromatic rings. The van der Waals surface area contributed by atoms with Gasteiger partial charge in [0.2, 0.25) is 0 Å². The Kier molecular flexibility index (Phi) is 4.88. The molecular weight excluding hydrogens is 393 g/mol. The molecule has 0 aliphatic rings.